The van der Waals surface area contributed by atoms with E-state index in [2.05, 4.69) is 84.3 Å². The molecule has 0 unspecified atom stereocenters. The fraction of sp³-hybridized carbons (Fsp3) is 0.0769. The molecule has 0 atom stereocenters. The maximum atomic E-state index is 6.32. The summed E-state index contributed by atoms with van der Waals surface area (Å²) in [5.74, 6) is 0. The second-order valence-electron chi connectivity index (χ2n) is 7.50. The normalized spacial score (nSPS) is 11.7. The number of para-hydroxylation sites is 1. The average molecular weight is 397 g/mol. The Kier molecular flexibility index (Phi) is 4.49. The van der Waals surface area contributed by atoms with E-state index in [0.717, 1.165) is 39.8 Å². The summed E-state index contributed by atoms with van der Waals surface area (Å²) in [4.78, 5) is 0. The number of hydrogen-bond donors (Lipinski definition) is 2. The Bertz CT molecular complexity index is 1180. The Hall–Kier alpha value is -3.23. The monoisotopic (exact) mass is 396 g/mol. The van der Waals surface area contributed by atoms with Crippen molar-refractivity contribution in [1.29, 1.82) is 0 Å². The molecule has 1 aliphatic rings. The first-order chi connectivity index (χ1) is 14.2. The lowest BCUT2D eigenvalue weighted by Gasteiger charge is -2.11. The highest BCUT2D eigenvalue weighted by Crippen LogP contribution is 2.40. The van der Waals surface area contributed by atoms with Gasteiger partial charge in [0.15, 0.2) is 0 Å². The fourth-order valence-electron chi connectivity index (χ4n) is 3.88. The molecule has 0 heterocycles. The average Bonchev–Trinajstić information content (AvgIpc) is 3.07. The number of nitrogens with one attached hydrogen (secondary N) is 2. The van der Waals surface area contributed by atoms with Crippen LogP contribution in [0.1, 0.15) is 16.7 Å². The van der Waals surface area contributed by atoms with Gasteiger partial charge in [0.1, 0.15) is 0 Å². The first kappa shape index (κ1) is 17.8. The predicted octanol–water partition coefficient (Wildman–Crippen LogP) is 7.71. The van der Waals surface area contributed by atoms with Gasteiger partial charge in [0.05, 0.1) is 0 Å². The molecular weight excluding hydrogens is 376 g/mol. The molecule has 0 aromatic heterocycles. The van der Waals surface area contributed by atoms with Gasteiger partial charge in [0.2, 0.25) is 0 Å². The van der Waals surface area contributed by atoms with Crippen LogP contribution in [0.15, 0.2) is 84.9 Å². The van der Waals surface area contributed by atoms with Crippen LogP contribution in [0, 0.1) is 6.92 Å². The lowest BCUT2D eigenvalue weighted by molar-refractivity contribution is 1.26. The zero-order chi connectivity index (χ0) is 19.8. The minimum Gasteiger partial charge on any atom is -0.356 e. The van der Waals surface area contributed by atoms with Crippen molar-refractivity contribution in [3.05, 3.63) is 107 Å². The number of benzene rings is 4. The van der Waals surface area contributed by atoms with Crippen molar-refractivity contribution < 1.29 is 0 Å². The minimum absolute atomic E-state index is 0.846. The molecule has 5 rings (SSSR count). The molecule has 0 saturated carbocycles. The highest BCUT2D eigenvalue weighted by atomic mass is 35.5. The maximum absolute atomic E-state index is 6.32. The van der Waals surface area contributed by atoms with E-state index < -0.39 is 0 Å². The van der Waals surface area contributed by atoms with E-state index in [4.69, 9.17) is 11.6 Å². The molecule has 2 nitrogen and oxygen atoms in total. The zero-order valence-electron chi connectivity index (χ0n) is 16.2. The Morgan fingerprint density at radius 2 is 1.21 bits per heavy atom. The van der Waals surface area contributed by atoms with Gasteiger partial charge in [-0.2, -0.15) is 0 Å². The van der Waals surface area contributed by atoms with Crippen LogP contribution in [0.3, 0.4) is 0 Å². The zero-order valence-corrected chi connectivity index (χ0v) is 16.9. The van der Waals surface area contributed by atoms with Crippen molar-refractivity contribution in [3.63, 3.8) is 0 Å². The molecule has 4 aromatic rings. The van der Waals surface area contributed by atoms with Crippen molar-refractivity contribution in [1.82, 2.24) is 0 Å². The van der Waals surface area contributed by atoms with Gasteiger partial charge in [-0.05, 0) is 102 Å². The SMILES string of the molecule is Cc1cc2c(cc1Cl)Cc1ccc(Nc3ccc(Nc4ccccc4)cc3)cc1-2. The van der Waals surface area contributed by atoms with Crippen molar-refractivity contribution in [2.24, 2.45) is 0 Å². The summed E-state index contributed by atoms with van der Waals surface area (Å²) in [5, 5.41) is 7.79. The second-order valence-corrected chi connectivity index (χ2v) is 7.91. The van der Waals surface area contributed by atoms with Gasteiger partial charge in [0, 0.05) is 27.8 Å². The number of anilines is 4. The molecule has 0 saturated heterocycles. The molecular formula is C26H21ClN2. The summed E-state index contributed by atoms with van der Waals surface area (Å²) >= 11 is 6.32. The highest BCUT2D eigenvalue weighted by molar-refractivity contribution is 6.31. The van der Waals surface area contributed by atoms with E-state index in [1.807, 2.05) is 18.2 Å². The number of halogens is 1. The summed E-state index contributed by atoms with van der Waals surface area (Å²) in [6.07, 6.45) is 0.949. The van der Waals surface area contributed by atoms with Crippen LogP contribution < -0.4 is 10.6 Å². The summed E-state index contributed by atoms with van der Waals surface area (Å²) < 4.78 is 0. The number of rotatable bonds is 4. The molecule has 0 amide bonds. The molecule has 0 spiro atoms. The van der Waals surface area contributed by atoms with Crippen LogP contribution in [-0.4, -0.2) is 0 Å². The molecule has 29 heavy (non-hydrogen) atoms. The third-order valence-electron chi connectivity index (χ3n) is 5.40. The minimum atomic E-state index is 0.846. The Morgan fingerprint density at radius 1 is 0.621 bits per heavy atom. The lowest BCUT2D eigenvalue weighted by atomic mass is 10.0. The summed E-state index contributed by atoms with van der Waals surface area (Å²) in [6.45, 7) is 2.06. The first-order valence-corrected chi connectivity index (χ1v) is 10.1. The van der Waals surface area contributed by atoms with Crippen molar-refractivity contribution >= 4 is 34.4 Å². The van der Waals surface area contributed by atoms with E-state index >= 15 is 0 Å². The van der Waals surface area contributed by atoms with Crippen molar-refractivity contribution in [2.45, 2.75) is 13.3 Å². The molecule has 1 aliphatic carbocycles. The Balaban J connectivity index is 1.36. The van der Waals surface area contributed by atoms with Crippen molar-refractivity contribution in [3.8, 4) is 11.1 Å². The van der Waals surface area contributed by atoms with E-state index in [0.29, 0.717) is 0 Å². The molecule has 0 fully saturated rings. The van der Waals surface area contributed by atoms with Crippen LogP contribution in [0.25, 0.3) is 11.1 Å². The van der Waals surface area contributed by atoms with Crippen LogP contribution >= 0.6 is 11.6 Å². The van der Waals surface area contributed by atoms with Gasteiger partial charge < -0.3 is 10.6 Å². The first-order valence-electron chi connectivity index (χ1n) is 9.77. The maximum Gasteiger partial charge on any atom is 0.0438 e. The largest absolute Gasteiger partial charge is 0.356 e. The molecule has 0 bridgehead atoms. The molecule has 0 aliphatic heterocycles. The van der Waals surface area contributed by atoms with Gasteiger partial charge in [-0.1, -0.05) is 35.9 Å². The number of hydrogen-bond acceptors (Lipinski definition) is 2. The molecule has 0 radical (unpaired) electrons. The van der Waals surface area contributed by atoms with Gasteiger partial charge in [-0.3, -0.25) is 0 Å². The van der Waals surface area contributed by atoms with Gasteiger partial charge in [0.25, 0.3) is 0 Å². The van der Waals surface area contributed by atoms with E-state index in [-0.39, 0.29) is 0 Å². The molecule has 3 heteroatoms. The summed E-state index contributed by atoms with van der Waals surface area (Å²) in [5.41, 5.74) is 10.7. The van der Waals surface area contributed by atoms with Crippen molar-refractivity contribution in [2.75, 3.05) is 10.6 Å². The summed E-state index contributed by atoms with van der Waals surface area (Å²) in [6, 6.07) is 29.5. The molecule has 142 valence electrons. The van der Waals surface area contributed by atoms with E-state index in [1.54, 1.807) is 0 Å². The lowest BCUT2D eigenvalue weighted by Crippen LogP contribution is -1.93. The number of fused-ring (bicyclic) bond motifs is 3. The van der Waals surface area contributed by atoms with Crippen LogP contribution in [0.4, 0.5) is 22.7 Å². The predicted molar refractivity (Wildman–Crippen MR) is 124 cm³/mol. The van der Waals surface area contributed by atoms with Gasteiger partial charge in [-0.15, -0.1) is 0 Å². The highest BCUT2D eigenvalue weighted by Gasteiger charge is 2.20. The Morgan fingerprint density at radius 3 is 1.93 bits per heavy atom. The quantitative estimate of drug-likeness (QED) is 0.325. The smallest absolute Gasteiger partial charge is 0.0438 e. The fourth-order valence-corrected chi connectivity index (χ4v) is 4.06. The van der Waals surface area contributed by atoms with Gasteiger partial charge >= 0.3 is 0 Å². The molecule has 2 N–H and O–H groups in total. The third-order valence-corrected chi connectivity index (χ3v) is 5.81. The third kappa shape index (κ3) is 3.59. The topological polar surface area (TPSA) is 24.1 Å². The van der Waals surface area contributed by atoms with E-state index in [1.165, 1.54) is 22.3 Å². The van der Waals surface area contributed by atoms with E-state index in [9.17, 15) is 0 Å². The standard InChI is InChI=1S/C26H21ClN2/c1-17-13-24-19(15-26(17)27)14-18-7-8-23(16-25(18)24)29-22-11-9-21(10-12-22)28-20-5-3-2-4-6-20/h2-13,15-16,28-29H,14H2,1H3. The summed E-state index contributed by atoms with van der Waals surface area (Å²) in [7, 11) is 0. The van der Waals surface area contributed by atoms with Crippen LogP contribution in [0.5, 0.6) is 0 Å². The second kappa shape index (κ2) is 7.31. The van der Waals surface area contributed by atoms with Crippen LogP contribution in [0.2, 0.25) is 5.02 Å². The Labute approximate surface area is 176 Å². The van der Waals surface area contributed by atoms with Gasteiger partial charge in [-0.25, -0.2) is 0 Å². The van der Waals surface area contributed by atoms with Crippen LogP contribution in [-0.2, 0) is 6.42 Å². The molecule has 4 aromatic carbocycles. The number of aryl methyl sites for hydroxylation is 1.